The summed E-state index contributed by atoms with van der Waals surface area (Å²) < 4.78 is 21.8. The Morgan fingerprint density at radius 1 is 1.03 bits per heavy atom. The van der Waals surface area contributed by atoms with Gasteiger partial charge in [0.2, 0.25) is 5.88 Å². The van der Waals surface area contributed by atoms with Crippen LogP contribution in [0.4, 0.5) is 0 Å². The van der Waals surface area contributed by atoms with Crippen LogP contribution in [0.25, 0.3) is 21.9 Å². The van der Waals surface area contributed by atoms with Crippen LogP contribution in [0.2, 0.25) is 0 Å². The van der Waals surface area contributed by atoms with Gasteiger partial charge in [-0.2, -0.15) is 5.26 Å². The zero-order valence-electron chi connectivity index (χ0n) is 16.2. The molecule has 1 atom stereocenters. The number of hydrogen-bond acceptors (Lipinski definition) is 8. The van der Waals surface area contributed by atoms with E-state index in [1.54, 1.807) is 42.5 Å². The van der Waals surface area contributed by atoms with E-state index in [4.69, 9.17) is 24.0 Å². The lowest BCUT2D eigenvalue weighted by molar-refractivity contribution is 0.388. The molecule has 0 amide bonds. The number of rotatable bonds is 2. The normalized spacial score (nSPS) is 15.4. The third-order valence-corrected chi connectivity index (χ3v) is 5.27. The number of nitrogens with two attached hydrogens (primary N) is 1. The molecule has 0 fully saturated rings. The number of benzene rings is 2. The molecule has 4 aromatic rings. The molecule has 8 heteroatoms. The highest BCUT2D eigenvalue weighted by atomic mass is 16.5. The topological polar surface area (TPSA) is 129 Å². The smallest absolute Gasteiger partial charge is 0.344 e. The summed E-state index contributed by atoms with van der Waals surface area (Å²) >= 11 is 0. The summed E-state index contributed by atoms with van der Waals surface area (Å²) in [6.07, 6.45) is 0. The van der Waals surface area contributed by atoms with Gasteiger partial charge < -0.3 is 24.0 Å². The van der Waals surface area contributed by atoms with Crippen LogP contribution in [0.1, 0.15) is 17.0 Å². The summed E-state index contributed by atoms with van der Waals surface area (Å²) in [5, 5.41) is 10.8. The molecular weight excluding hydrogens is 400 g/mol. The van der Waals surface area contributed by atoms with Crippen molar-refractivity contribution in [2.24, 2.45) is 5.73 Å². The molecule has 152 valence electrons. The fourth-order valence-corrected chi connectivity index (χ4v) is 3.91. The zero-order valence-corrected chi connectivity index (χ0v) is 16.2. The van der Waals surface area contributed by atoms with E-state index < -0.39 is 17.2 Å². The molecule has 0 bridgehead atoms. The molecule has 0 saturated carbocycles. The molecule has 31 heavy (non-hydrogen) atoms. The van der Waals surface area contributed by atoms with Gasteiger partial charge in [-0.3, -0.25) is 0 Å². The van der Waals surface area contributed by atoms with E-state index in [0.29, 0.717) is 27.7 Å². The number of allylic oxidation sites excluding steroid dienone is 1. The Bertz CT molecular complexity index is 1570. The lowest BCUT2D eigenvalue weighted by atomic mass is 9.82. The Morgan fingerprint density at radius 2 is 1.81 bits per heavy atom. The van der Waals surface area contributed by atoms with E-state index in [9.17, 15) is 14.9 Å². The van der Waals surface area contributed by atoms with Crippen LogP contribution in [0.3, 0.4) is 0 Å². The number of ether oxygens (including phenoxy) is 2. The average Bonchev–Trinajstić information content (AvgIpc) is 2.77. The van der Waals surface area contributed by atoms with Crippen molar-refractivity contribution >= 4 is 21.9 Å². The van der Waals surface area contributed by atoms with Crippen molar-refractivity contribution < 1.29 is 18.3 Å². The van der Waals surface area contributed by atoms with E-state index >= 15 is 0 Å². The number of hydrogen-bond donors (Lipinski definition) is 1. The highest BCUT2D eigenvalue weighted by Crippen LogP contribution is 2.45. The van der Waals surface area contributed by atoms with E-state index in [1.807, 2.05) is 6.07 Å². The Labute approximate surface area is 174 Å². The van der Waals surface area contributed by atoms with Crippen molar-refractivity contribution in [3.8, 4) is 17.6 Å². The van der Waals surface area contributed by atoms with Gasteiger partial charge in [0.15, 0.2) is 5.75 Å². The number of methoxy groups -OCH3 is 1. The number of fused-ring (bicyclic) bond motifs is 4. The minimum atomic E-state index is -0.992. The summed E-state index contributed by atoms with van der Waals surface area (Å²) in [5.41, 5.74) is 5.78. The molecule has 0 spiro atoms. The summed E-state index contributed by atoms with van der Waals surface area (Å²) in [7, 11) is 1.50. The van der Waals surface area contributed by atoms with Crippen molar-refractivity contribution in [1.82, 2.24) is 0 Å². The quantitative estimate of drug-likeness (QED) is 0.495. The predicted molar refractivity (Wildman–Crippen MR) is 111 cm³/mol. The van der Waals surface area contributed by atoms with E-state index in [-0.39, 0.29) is 28.4 Å². The molecule has 0 aliphatic carbocycles. The van der Waals surface area contributed by atoms with Crippen molar-refractivity contribution in [3.05, 3.63) is 92.0 Å². The van der Waals surface area contributed by atoms with Crippen molar-refractivity contribution in [3.63, 3.8) is 0 Å². The summed E-state index contributed by atoms with van der Waals surface area (Å²) in [5.74, 6) is -0.443. The first-order valence-electron chi connectivity index (χ1n) is 9.27. The van der Waals surface area contributed by atoms with Gasteiger partial charge in [-0.15, -0.1) is 0 Å². The molecule has 2 aromatic carbocycles. The van der Waals surface area contributed by atoms with Crippen molar-refractivity contribution in [1.29, 1.82) is 5.26 Å². The largest absolute Gasteiger partial charge is 0.497 e. The highest BCUT2D eigenvalue weighted by Gasteiger charge is 2.36. The first kappa shape index (κ1) is 18.5. The zero-order chi connectivity index (χ0) is 21.7. The molecule has 1 unspecified atom stereocenters. The van der Waals surface area contributed by atoms with Gasteiger partial charge in [-0.05, 0) is 35.9 Å². The molecule has 0 radical (unpaired) electrons. The van der Waals surface area contributed by atoms with E-state index in [0.717, 1.165) is 0 Å². The van der Waals surface area contributed by atoms with Gasteiger partial charge in [0.1, 0.15) is 28.6 Å². The lowest BCUT2D eigenvalue weighted by Gasteiger charge is -2.26. The second-order valence-electron chi connectivity index (χ2n) is 6.94. The monoisotopic (exact) mass is 414 g/mol. The predicted octanol–water partition coefficient (Wildman–Crippen LogP) is 3.13. The standard InChI is InChI=1S/C23H14N2O6/c1-28-11-6-7-17-13(8-11)14(9-18(26)29-17)19-15(10-24)22(25)31-21-12-4-2-3-5-16(12)30-23(27)20(19)21/h2-9,19H,25H2,1H3. The maximum Gasteiger partial charge on any atom is 0.344 e. The van der Waals surface area contributed by atoms with Crippen molar-refractivity contribution in [2.45, 2.75) is 5.92 Å². The second-order valence-corrected chi connectivity index (χ2v) is 6.94. The molecule has 1 aliphatic rings. The van der Waals surface area contributed by atoms with Crippen LogP contribution in [0.5, 0.6) is 11.5 Å². The maximum atomic E-state index is 13.0. The van der Waals surface area contributed by atoms with Crippen LogP contribution in [0, 0.1) is 11.3 Å². The average molecular weight is 414 g/mol. The Morgan fingerprint density at radius 3 is 2.58 bits per heavy atom. The van der Waals surface area contributed by atoms with Crippen LogP contribution in [-0.4, -0.2) is 7.11 Å². The third-order valence-electron chi connectivity index (χ3n) is 5.27. The molecule has 5 rings (SSSR count). The van der Waals surface area contributed by atoms with Gasteiger partial charge in [0.05, 0.1) is 24.0 Å². The maximum absolute atomic E-state index is 13.0. The summed E-state index contributed by atoms with van der Waals surface area (Å²) in [4.78, 5) is 25.4. The number of nitriles is 1. The Balaban J connectivity index is 1.93. The number of para-hydroxylation sites is 1. The Hall–Kier alpha value is -4.51. The van der Waals surface area contributed by atoms with Gasteiger partial charge >= 0.3 is 11.3 Å². The van der Waals surface area contributed by atoms with E-state index in [1.165, 1.54) is 13.2 Å². The molecular formula is C23H14N2O6. The SMILES string of the molecule is COc1ccc2oc(=O)cc(C3C(C#N)=C(N)Oc4c3c(=O)oc3ccccc43)c2c1. The minimum absolute atomic E-state index is 0.00944. The second kappa shape index (κ2) is 6.78. The molecule has 0 saturated heterocycles. The van der Waals surface area contributed by atoms with Gasteiger partial charge in [0, 0.05) is 11.5 Å². The van der Waals surface area contributed by atoms with Gasteiger partial charge in [-0.1, -0.05) is 12.1 Å². The first-order valence-corrected chi connectivity index (χ1v) is 9.27. The third kappa shape index (κ3) is 2.75. The van der Waals surface area contributed by atoms with Gasteiger partial charge in [0.25, 0.3) is 0 Å². The molecule has 1 aliphatic heterocycles. The molecule has 2 N–H and O–H groups in total. The van der Waals surface area contributed by atoms with E-state index in [2.05, 4.69) is 0 Å². The summed E-state index contributed by atoms with van der Waals surface area (Å²) in [6, 6.07) is 15.0. The van der Waals surface area contributed by atoms with Crippen LogP contribution in [-0.2, 0) is 0 Å². The van der Waals surface area contributed by atoms with Gasteiger partial charge in [-0.25, -0.2) is 9.59 Å². The molecule has 8 nitrogen and oxygen atoms in total. The molecule has 2 aromatic heterocycles. The van der Waals surface area contributed by atoms with Crippen LogP contribution >= 0.6 is 0 Å². The van der Waals surface area contributed by atoms with Crippen molar-refractivity contribution in [2.75, 3.05) is 7.11 Å². The molecule has 3 heterocycles. The number of nitrogens with zero attached hydrogens (tertiary/aromatic N) is 1. The minimum Gasteiger partial charge on any atom is -0.497 e. The van der Waals surface area contributed by atoms with Crippen LogP contribution in [0.15, 0.2) is 78.4 Å². The lowest BCUT2D eigenvalue weighted by Crippen LogP contribution is -2.27. The summed E-state index contributed by atoms with van der Waals surface area (Å²) in [6.45, 7) is 0. The highest BCUT2D eigenvalue weighted by molar-refractivity contribution is 5.88. The fraction of sp³-hybridized carbons (Fsp3) is 0.0870. The fourth-order valence-electron chi connectivity index (χ4n) is 3.91. The van der Waals surface area contributed by atoms with Crippen LogP contribution < -0.4 is 26.5 Å². The first-order chi connectivity index (χ1) is 15.0. The Kier molecular flexibility index (Phi) is 4.05.